The lowest BCUT2D eigenvalue weighted by atomic mass is 10.1. The van der Waals surface area contributed by atoms with Crippen LogP contribution in [-0.4, -0.2) is 49.0 Å². The van der Waals surface area contributed by atoms with Crippen LogP contribution in [-0.2, 0) is 13.0 Å². The van der Waals surface area contributed by atoms with Crippen LogP contribution < -0.4 is 20.1 Å². The number of hydrogen-bond donors (Lipinski definition) is 3. The van der Waals surface area contributed by atoms with Gasteiger partial charge in [-0.1, -0.05) is 24.3 Å². The Labute approximate surface area is 170 Å². The van der Waals surface area contributed by atoms with Crippen LogP contribution in [0.5, 0.6) is 11.5 Å². The zero-order valence-corrected chi connectivity index (χ0v) is 16.9. The van der Waals surface area contributed by atoms with Crippen LogP contribution in [0.2, 0.25) is 0 Å². The van der Waals surface area contributed by atoms with Crippen molar-refractivity contribution in [3.05, 3.63) is 59.9 Å². The molecule has 2 aromatic carbocycles. The van der Waals surface area contributed by atoms with Crippen molar-refractivity contribution in [3.8, 4) is 22.9 Å². The van der Waals surface area contributed by atoms with E-state index < -0.39 is 0 Å². The normalized spacial score (nSPS) is 11.2. The maximum absolute atomic E-state index is 5.36. The number of rotatable bonds is 8. The number of aromatic nitrogens is 3. The number of ether oxygens (including phenoxy) is 2. The van der Waals surface area contributed by atoms with E-state index in [-0.39, 0.29) is 0 Å². The highest BCUT2D eigenvalue weighted by Crippen LogP contribution is 2.27. The number of aliphatic imine (C=N–C) groups is 1. The Bertz CT molecular complexity index is 940. The zero-order chi connectivity index (χ0) is 20.5. The fourth-order valence-electron chi connectivity index (χ4n) is 2.94. The highest BCUT2D eigenvalue weighted by molar-refractivity contribution is 5.79. The Morgan fingerprint density at radius 1 is 1.03 bits per heavy atom. The molecule has 3 rings (SSSR count). The molecule has 3 aromatic rings. The van der Waals surface area contributed by atoms with Gasteiger partial charge in [0.15, 0.2) is 23.3 Å². The van der Waals surface area contributed by atoms with Crippen molar-refractivity contribution in [2.45, 2.75) is 13.0 Å². The minimum Gasteiger partial charge on any atom is -0.493 e. The Kier molecular flexibility index (Phi) is 7.05. The van der Waals surface area contributed by atoms with Gasteiger partial charge < -0.3 is 20.1 Å². The van der Waals surface area contributed by atoms with E-state index in [0.29, 0.717) is 6.54 Å². The predicted molar refractivity (Wildman–Crippen MR) is 113 cm³/mol. The number of benzene rings is 2. The number of methoxy groups -OCH3 is 2. The first-order chi connectivity index (χ1) is 14.2. The summed E-state index contributed by atoms with van der Waals surface area (Å²) >= 11 is 0. The molecule has 29 heavy (non-hydrogen) atoms. The van der Waals surface area contributed by atoms with Crippen molar-refractivity contribution in [2.75, 3.05) is 27.8 Å². The molecule has 0 unspecified atom stereocenters. The summed E-state index contributed by atoms with van der Waals surface area (Å²) in [5, 5.41) is 13.4. The first kappa shape index (κ1) is 20.2. The zero-order valence-electron chi connectivity index (χ0n) is 16.9. The van der Waals surface area contributed by atoms with E-state index in [4.69, 9.17) is 9.47 Å². The maximum atomic E-state index is 5.36. The number of guanidine groups is 1. The van der Waals surface area contributed by atoms with Gasteiger partial charge in [-0.2, -0.15) is 5.10 Å². The van der Waals surface area contributed by atoms with Gasteiger partial charge in [0.25, 0.3) is 0 Å². The summed E-state index contributed by atoms with van der Waals surface area (Å²) in [6.45, 7) is 1.39. The van der Waals surface area contributed by atoms with Crippen LogP contribution in [0.3, 0.4) is 0 Å². The summed E-state index contributed by atoms with van der Waals surface area (Å²) in [6, 6.07) is 14.1. The lowest BCUT2D eigenvalue weighted by Gasteiger charge is -2.13. The average Bonchev–Trinajstić information content (AvgIpc) is 3.31. The molecule has 0 amide bonds. The summed E-state index contributed by atoms with van der Waals surface area (Å²) in [5.74, 6) is 2.97. The van der Waals surface area contributed by atoms with E-state index in [9.17, 15) is 0 Å². The number of hydrogen-bond acceptors (Lipinski definition) is 5. The molecule has 0 aliphatic heterocycles. The monoisotopic (exact) mass is 394 g/mol. The quantitative estimate of drug-likeness (QED) is 0.401. The van der Waals surface area contributed by atoms with Crippen LogP contribution in [0.25, 0.3) is 11.4 Å². The summed E-state index contributed by atoms with van der Waals surface area (Å²) in [7, 11) is 5.04. The second kappa shape index (κ2) is 10.1. The van der Waals surface area contributed by atoms with Gasteiger partial charge in [-0.25, -0.2) is 4.98 Å². The summed E-state index contributed by atoms with van der Waals surface area (Å²) in [5.41, 5.74) is 3.28. The predicted octanol–water partition coefficient (Wildman–Crippen LogP) is 2.40. The molecule has 1 heterocycles. The summed E-state index contributed by atoms with van der Waals surface area (Å²) in [4.78, 5) is 8.48. The van der Waals surface area contributed by atoms with Gasteiger partial charge in [-0.3, -0.25) is 10.1 Å². The molecule has 152 valence electrons. The molecule has 0 aliphatic carbocycles. The van der Waals surface area contributed by atoms with E-state index in [2.05, 4.69) is 42.9 Å². The lowest BCUT2D eigenvalue weighted by molar-refractivity contribution is 0.354. The van der Waals surface area contributed by atoms with E-state index in [0.717, 1.165) is 52.9 Å². The van der Waals surface area contributed by atoms with Gasteiger partial charge in [0.2, 0.25) is 0 Å². The molecule has 0 saturated carbocycles. The van der Waals surface area contributed by atoms with Gasteiger partial charge >= 0.3 is 0 Å². The van der Waals surface area contributed by atoms with Gasteiger partial charge in [-0.05, 0) is 35.7 Å². The average molecular weight is 394 g/mol. The fraction of sp³-hybridized carbons (Fsp3) is 0.286. The number of nitrogens with zero attached hydrogens (tertiary/aromatic N) is 3. The first-order valence-electron chi connectivity index (χ1n) is 9.33. The largest absolute Gasteiger partial charge is 0.493 e. The van der Waals surface area contributed by atoms with Crippen LogP contribution in [0.4, 0.5) is 0 Å². The minimum absolute atomic E-state index is 0.651. The molecule has 8 nitrogen and oxygen atoms in total. The molecule has 0 spiro atoms. The van der Waals surface area contributed by atoms with Crippen LogP contribution in [0, 0.1) is 0 Å². The molecule has 0 radical (unpaired) electrons. The van der Waals surface area contributed by atoms with Gasteiger partial charge in [0.1, 0.15) is 6.33 Å². The molecule has 0 fully saturated rings. The molecule has 1 aromatic heterocycles. The highest BCUT2D eigenvalue weighted by Gasteiger charge is 2.06. The Hall–Kier alpha value is -3.55. The van der Waals surface area contributed by atoms with Crippen LogP contribution in [0.15, 0.2) is 53.8 Å². The maximum Gasteiger partial charge on any atom is 0.191 e. The smallest absolute Gasteiger partial charge is 0.191 e. The van der Waals surface area contributed by atoms with Crippen molar-refractivity contribution in [3.63, 3.8) is 0 Å². The molecule has 8 heteroatoms. The van der Waals surface area contributed by atoms with Crippen molar-refractivity contribution in [2.24, 2.45) is 4.99 Å². The molecular formula is C21H26N6O2. The molecule has 3 N–H and O–H groups in total. The van der Waals surface area contributed by atoms with Gasteiger partial charge in [-0.15, -0.1) is 0 Å². The molecular weight excluding hydrogens is 368 g/mol. The van der Waals surface area contributed by atoms with Gasteiger partial charge in [0.05, 0.1) is 14.2 Å². The minimum atomic E-state index is 0.651. The first-order valence-corrected chi connectivity index (χ1v) is 9.33. The second-order valence-electron chi connectivity index (χ2n) is 6.33. The summed E-state index contributed by atoms with van der Waals surface area (Å²) in [6.07, 6.45) is 2.34. The van der Waals surface area contributed by atoms with E-state index in [1.807, 2.05) is 30.3 Å². The third-order valence-electron chi connectivity index (χ3n) is 4.45. The van der Waals surface area contributed by atoms with Gasteiger partial charge in [0, 0.05) is 25.7 Å². The van der Waals surface area contributed by atoms with Crippen molar-refractivity contribution >= 4 is 5.96 Å². The molecule has 0 bridgehead atoms. The standard InChI is InChI=1S/C21H26N6O2/c1-22-21(23-10-9-15-7-8-18(28-2)19(12-15)29-3)24-13-16-5-4-6-17(11-16)20-25-14-26-27-20/h4-8,11-12,14H,9-10,13H2,1-3H3,(H2,22,23,24)(H,25,26,27). The third kappa shape index (κ3) is 5.47. The van der Waals surface area contributed by atoms with Crippen molar-refractivity contribution in [1.29, 1.82) is 0 Å². The van der Waals surface area contributed by atoms with Crippen molar-refractivity contribution < 1.29 is 9.47 Å². The third-order valence-corrected chi connectivity index (χ3v) is 4.45. The van der Waals surface area contributed by atoms with Crippen LogP contribution >= 0.6 is 0 Å². The van der Waals surface area contributed by atoms with Crippen molar-refractivity contribution in [1.82, 2.24) is 25.8 Å². The van der Waals surface area contributed by atoms with Crippen LogP contribution in [0.1, 0.15) is 11.1 Å². The molecule has 0 atom stereocenters. The number of H-pyrrole nitrogens is 1. The Morgan fingerprint density at radius 2 is 1.90 bits per heavy atom. The molecule has 0 saturated heterocycles. The SMILES string of the molecule is CN=C(NCCc1ccc(OC)c(OC)c1)NCc1cccc(-c2ncn[nH]2)c1. The fourth-order valence-corrected chi connectivity index (χ4v) is 2.94. The molecule has 0 aliphatic rings. The highest BCUT2D eigenvalue weighted by atomic mass is 16.5. The summed E-state index contributed by atoms with van der Waals surface area (Å²) < 4.78 is 10.6. The van der Waals surface area contributed by atoms with E-state index in [1.165, 1.54) is 6.33 Å². The second-order valence-corrected chi connectivity index (χ2v) is 6.33. The van der Waals surface area contributed by atoms with E-state index >= 15 is 0 Å². The Balaban J connectivity index is 1.51. The van der Waals surface area contributed by atoms with E-state index in [1.54, 1.807) is 21.3 Å². The lowest BCUT2D eigenvalue weighted by Crippen LogP contribution is -2.37. The Morgan fingerprint density at radius 3 is 2.62 bits per heavy atom. The number of aromatic amines is 1. The topological polar surface area (TPSA) is 96.5 Å². The number of nitrogens with one attached hydrogen (secondary N) is 3.